The van der Waals surface area contributed by atoms with E-state index >= 15 is 0 Å². The highest BCUT2D eigenvalue weighted by atomic mass is 79.9. The smallest absolute Gasteiger partial charge is 0.152 e. The Morgan fingerprint density at radius 2 is 2.16 bits per heavy atom. The topological polar surface area (TPSA) is 75.2 Å². The SMILES string of the molecule is CCNc1ncnc(N2CCCS(=O)(=O)CC2)c1Br. The lowest BCUT2D eigenvalue weighted by Gasteiger charge is -2.22. The van der Waals surface area contributed by atoms with E-state index in [-0.39, 0.29) is 11.5 Å². The van der Waals surface area contributed by atoms with Crippen LogP contribution >= 0.6 is 15.9 Å². The van der Waals surface area contributed by atoms with Gasteiger partial charge in [0.2, 0.25) is 0 Å². The zero-order chi connectivity index (χ0) is 13.9. The number of hydrogen-bond donors (Lipinski definition) is 1. The van der Waals surface area contributed by atoms with Gasteiger partial charge in [0.05, 0.1) is 11.5 Å². The van der Waals surface area contributed by atoms with Crippen LogP contribution in [0.25, 0.3) is 0 Å². The Kier molecular flexibility index (Phi) is 4.62. The van der Waals surface area contributed by atoms with Gasteiger partial charge in [-0.15, -0.1) is 0 Å². The Hall–Kier alpha value is -0.890. The first-order valence-electron chi connectivity index (χ1n) is 6.23. The van der Waals surface area contributed by atoms with Crippen LogP contribution in [-0.4, -0.2) is 49.5 Å². The van der Waals surface area contributed by atoms with Crippen molar-refractivity contribution in [2.24, 2.45) is 0 Å². The summed E-state index contributed by atoms with van der Waals surface area (Å²) >= 11 is 3.49. The monoisotopic (exact) mass is 348 g/mol. The first kappa shape index (κ1) is 14.5. The zero-order valence-corrected chi connectivity index (χ0v) is 13.2. The van der Waals surface area contributed by atoms with Gasteiger partial charge >= 0.3 is 0 Å². The average Bonchev–Trinajstić information content (AvgIpc) is 2.53. The number of nitrogens with zero attached hydrogens (tertiary/aromatic N) is 3. The van der Waals surface area contributed by atoms with E-state index in [4.69, 9.17) is 0 Å². The Morgan fingerprint density at radius 3 is 2.89 bits per heavy atom. The van der Waals surface area contributed by atoms with Crippen LogP contribution in [-0.2, 0) is 9.84 Å². The second kappa shape index (κ2) is 6.04. The predicted molar refractivity (Wildman–Crippen MR) is 79.4 cm³/mol. The number of rotatable bonds is 3. The van der Waals surface area contributed by atoms with Gasteiger partial charge in [-0.3, -0.25) is 0 Å². The van der Waals surface area contributed by atoms with Gasteiger partial charge < -0.3 is 10.2 Å². The lowest BCUT2D eigenvalue weighted by molar-refractivity contribution is 0.597. The Balaban J connectivity index is 2.24. The molecule has 2 heterocycles. The molecular weight excluding hydrogens is 332 g/mol. The van der Waals surface area contributed by atoms with Gasteiger partial charge in [-0.25, -0.2) is 18.4 Å². The van der Waals surface area contributed by atoms with Crippen molar-refractivity contribution in [3.63, 3.8) is 0 Å². The maximum Gasteiger partial charge on any atom is 0.152 e. The first-order valence-corrected chi connectivity index (χ1v) is 8.84. The van der Waals surface area contributed by atoms with Crippen LogP contribution in [0.5, 0.6) is 0 Å². The van der Waals surface area contributed by atoms with Crippen molar-refractivity contribution in [1.29, 1.82) is 0 Å². The van der Waals surface area contributed by atoms with Crippen molar-refractivity contribution in [2.45, 2.75) is 13.3 Å². The lowest BCUT2D eigenvalue weighted by atomic mass is 10.4. The molecule has 0 aliphatic carbocycles. The molecule has 1 N–H and O–H groups in total. The van der Waals surface area contributed by atoms with E-state index in [0.29, 0.717) is 19.5 Å². The Labute approximate surface area is 121 Å². The molecule has 2 rings (SSSR count). The number of aromatic nitrogens is 2. The molecule has 0 unspecified atom stereocenters. The van der Waals surface area contributed by atoms with E-state index in [1.165, 1.54) is 6.33 Å². The summed E-state index contributed by atoms with van der Waals surface area (Å²) in [6, 6.07) is 0. The van der Waals surface area contributed by atoms with Gasteiger partial charge in [0, 0.05) is 19.6 Å². The van der Waals surface area contributed by atoms with Crippen LogP contribution in [0, 0.1) is 0 Å². The number of hydrogen-bond acceptors (Lipinski definition) is 6. The van der Waals surface area contributed by atoms with E-state index in [2.05, 4.69) is 31.2 Å². The summed E-state index contributed by atoms with van der Waals surface area (Å²) in [6.07, 6.45) is 2.13. The molecule has 19 heavy (non-hydrogen) atoms. The van der Waals surface area contributed by atoms with Crippen molar-refractivity contribution < 1.29 is 8.42 Å². The molecule has 1 aromatic heterocycles. The van der Waals surface area contributed by atoms with Gasteiger partial charge in [0.25, 0.3) is 0 Å². The van der Waals surface area contributed by atoms with Crippen molar-refractivity contribution in [1.82, 2.24) is 9.97 Å². The minimum atomic E-state index is -2.91. The average molecular weight is 349 g/mol. The van der Waals surface area contributed by atoms with Crippen LogP contribution in [0.4, 0.5) is 11.6 Å². The second-order valence-corrected chi connectivity index (χ2v) is 7.48. The molecule has 6 nitrogen and oxygen atoms in total. The van der Waals surface area contributed by atoms with Gasteiger partial charge in [0.1, 0.15) is 22.4 Å². The summed E-state index contributed by atoms with van der Waals surface area (Å²) in [5, 5.41) is 3.14. The summed E-state index contributed by atoms with van der Waals surface area (Å²) in [5.41, 5.74) is 0. The molecule has 1 aromatic rings. The van der Waals surface area contributed by atoms with Crippen LogP contribution < -0.4 is 10.2 Å². The normalized spacial score (nSPS) is 18.9. The number of nitrogens with one attached hydrogen (secondary N) is 1. The quantitative estimate of drug-likeness (QED) is 0.887. The molecule has 0 atom stereocenters. The van der Waals surface area contributed by atoms with Crippen LogP contribution in [0.2, 0.25) is 0 Å². The van der Waals surface area contributed by atoms with E-state index in [0.717, 1.165) is 22.7 Å². The fraction of sp³-hybridized carbons (Fsp3) is 0.636. The second-order valence-electron chi connectivity index (χ2n) is 4.38. The summed E-state index contributed by atoms with van der Waals surface area (Å²) < 4.78 is 24.0. The van der Waals surface area contributed by atoms with E-state index in [9.17, 15) is 8.42 Å². The van der Waals surface area contributed by atoms with Crippen molar-refractivity contribution in [3.8, 4) is 0 Å². The van der Waals surface area contributed by atoms with Gasteiger partial charge in [-0.05, 0) is 29.3 Å². The highest BCUT2D eigenvalue weighted by Gasteiger charge is 2.22. The van der Waals surface area contributed by atoms with Crippen LogP contribution in [0.15, 0.2) is 10.8 Å². The number of halogens is 1. The molecule has 106 valence electrons. The predicted octanol–water partition coefficient (Wildman–Crippen LogP) is 1.30. The van der Waals surface area contributed by atoms with Gasteiger partial charge in [0.15, 0.2) is 9.84 Å². The van der Waals surface area contributed by atoms with Crippen molar-refractivity contribution in [3.05, 3.63) is 10.8 Å². The molecular formula is C11H17BrN4O2S. The molecule has 0 spiro atoms. The third-order valence-corrected chi connectivity index (χ3v) is 5.42. The third-order valence-electron chi connectivity index (χ3n) is 2.97. The fourth-order valence-corrected chi connectivity index (χ4v) is 3.89. The van der Waals surface area contributed by atoms with Crippen LogP contribution in [0.1, 0.15) is 13.3 Å². The summed E-state index contributed by atoms with van der Waals surface area (Å²) in [5.74, 6) is 1.93. The van der Waals surface area contributed by atoms with E-state index in [1.807, 2.05) is 11.8 Å². The third kappa shape index (κ3) is 3.56. The molecule has 8 heteroatoms. The highest BCUT2D eigenvalue weighted by Crippen LogP contribution is 2.30. The lowest BCUT2D eigenvalue weighted by Crippen LogP contribution is -2.28. The summed E-state index contributed by atoms with van der Waals surface area (Å²) in [4.78, 5) is 10.4. The Morgan fingerprint density at radius 1 is 1.37 bits per heavy atom. The van der Waals surface area contributed by atoms with Crippen molar-refractivity contribution in [2.75, 3.05) is 41.4 Å². The molecule has 1 fully saturated rings. The molecule has 0 radical (unpaired) electrons. The van der Waals surface area contributed by atoms with Gasteiger partial charge in [-0.2, -0.15) is 0 Å². The van der Waals surface area contributed by atoms with Crippen molar-refractivity contribution >= 4 is 37.4 Å². The minimum absolute atomic E-state index is 0.181. The first-order chi connectivity index (χ1) is 9.03. The standard InChI is InChI=1S/C11H17BrN4O2S/c1-2-13-10-9(12)11(15-8-14-10)16-4-3-6-19(17,18)7-5-16/h8H,2-7H2,1H3,(H,13,14,15). The maximum absolute atomic E-state index is 11.6. The molecule has 1 saturated heterocycles. The molecule has 0 amide bonds. The molecule has 1 aliphatic heterocycles. The van der Waals surface area contributed by atoms with Crippen LogP contribution in [0.3, 0.4) is 0 Å². The fourth-order valence-electron chi connectivity index (χ4n) is 2.02. The summed E-state index contributed by atoms with van der Waals surface area (Å²) in [7, 11) is -2.91. The highest BCUT2D eigenvalue weighted by molar-refractivity contribution is 9.10. The minimum Gasteiger partial charge on any atom is -0.369 e. The van der Waals surface area contributed by atoms with E-state index < -0.39 is 9.84 Å². The maximum atomic E-state index is 11.6. The van der Waals surface area contributed by atoms with E-state index in [1.54, 1.807) is 0 Å². The number of anilines is 2. The number of sulfone groups is 1. The largest absolute Gasteiger partial charge is 0.369 e. The molecule has 1 aliphatic rings. The zero-order valence-electron chi connectivity index (χ0n) is 10.8. The molecule has 0 aromatic carbocycles. The molecule has 0 bridgehead atoms. The van der Waals surface area contributed by atoms with Gasteiger partial charge in [-0.1, -0.05) is 0 Å². The molecule has 0 saturated carbocycles. The Bertz CT molecular complexity index is 550. The summed E-state index contributed by atoms with van der Waals surface area (Å²) in [6.45, 7) is 3.93.